The van der Waals surface area contributed by atoms with Crippen molar-refractivity contribution < 1.29 is 48.0 Å². The molecule has 222 valence electrons. The SMILES string of the molecule is CC(=O)O[C@H]1C(=O)[C@]2(C)[C@@H](OC(C)=O)C[C@H](O)/C(=C/[C@H](OC(C)=O)[C@H]3C[C@H](OC(C)=O)C(C)=C1C3(C)C)C2(C)C. The van der Waals surface area contributed by atoms with Gasteiger partial charge in [-0.3, -0.25) is 24.0 Å². The lowest BCUT2D eigenvalue weighted by atomic mass is 9.49. The second-order valence-electron chi connectivity index (χ2n) is 12.5. The van der Waals surface area contributed by atoms with Crippen LogP contribution in [0.4, 0.5) is 0 Å². The molecule has 0 unspecified atom stereocenters. The van der Waals surface area contributed by atoms with Gasteiger partial charge in [0.25, 0.3) is 0 Å². The normalized spacial score (nSPS) is 36.0. The number of Topliss-reactive ketones (excluding diaryl/α,β-unsaturated/α-hetero) is 1. The van der Waals surface area contributed by atoms with Gasteiger partial charge < -0.3 is 24.1 Å². The first kappa shape index (κ1) is 31.5. The van der Waals surface area contributed by atoms with Crippen molar-refractivity contribution in [2.75, 3.05) is 0 Å². The van der Waals surface area contributed by atoms with E-state index in [9.17, 15) is 29.1 Å². The van der Waals surface area contributed by atoms with Crippen LogP contribution in [0, 0.1) is 22.2 Å². The first-order valence-corrected chi connectivity index (χ1v) is 13.6. The topological polar surface area (TPSA) is 143 Å². The molecule has 3 aliphatic rings. The van der Waals surface area contributed by atoms with Gasteiger partial charge in [-0.15, -0.1) is 0 Å². The van der Waals surface area contributed by atoms with Crippen LogP contribution in [0.25, 0.3) is 0 Å². The maximum absolute atomic E-state index is 14.9. The van der Waals surface area contributed by atoms with E-state index in [2.05, 4.69) is 0 Å². The number of carbonyl (C=O) groups excluding carboxylic acids is 5. The van der Waals surface area contributed by atoms with Gasteiger partial charge in [-0.1, -0.05) is 27.7 Å². The van der Waals surface area contributed by atoms with Gasteiger partial charge in [0.2, 0.25) is 0 Å². The number of ketones is 1. The predicted molar refractivity (Wildman–Crippen MR) is 142 cm³/mol. The molecule has 0 amide bonds. The molecule has 1 saturated carbocycles. The lowest BCUT2D eigenvalue weighted by Gasteiger charge is -2.57. The molecule has 0 saturated heterocycles. The highest BCUT2D eigenvalue weighted by Crippen LogP contribution is 2.59. The van der Waals surface area contributed by atoms with Crippen LogP contribution < -0.4 is 0 Å². The Morgan fingerprint density at radius 3 is 1.85 bits per heavy atom. The summed E-state index contributed by atoms with van der Waals surface area (Å²) in [5.74, 6) is -3.46. The number of carbonyl (C=O) groups is 5. The highest BCUT2D eigenvalue weighted by molar-refractivity contribution is 5.95. The van der Waals surface area contributed by atoms with Crippen molar-refractivity contribution in [3.05, 3.63) is 22.8 Å². The van der Waals surface area contributed by atoms with Crippen molar-refractivity contribution in [3.8, 4) is 0 Å². The Labute approximate surface area is 235 Å². The van der Waals surface area contributed by atoms with Crippen molar-refractivity contribution in [2.24, 2.45) is 22.2 Å². The van der Waals surface area contributed by atoms with Crippen molar-refractivity contribution in [1.82, 2.24) is 0 Å². The van der Waals surface area contributed by atoms with E-state index < -0.39 is 82.3 Å². The van der Waals surface area contributed by atoms with E-state index in [1.165, 1.54) is 27.7 Å². The van der Waals surface area contributed by atoms with Gasteiger partial charge >= 0.3 is 23.9 Å². The number of hydrogen-bond acceptors (Lipinski definition) is 10. The first-order chi connectivity index (χ1) is 18.3. The van der Waals surface area contributed by atoms with E-state index in [1.54, 1.807) is 33.8 Å². The van der Waals surface area contributed by atoms with Crippen LogP contribution in [0.5, 0.6) is 0 Å². The maximum Gasteiger partial charge on any atom is 0.303 e. The van der Waals surface area contributed by atoms with E-state index in [0.717, 1.165) is 0 Å². The molecule has 10 nitrogen and oxygen atoms in total. The average Bonchev–Trinajstić information content (AvgIpc) is 2.78. The second kappa shape index (κ2) is 10.8. The molecule has 40 heavy (non-hydrogen) atoms. The van der Waals surface area contributed by atoms with E-state index in [4.69, 9.17) is 18.9 Å². The van der Waals surface area contributed by atoms with Crippen LogP contribution >= 0.6 is 0 Å². The molecule has 3 aliphatic carbocycles. The molecule has 10 heteroatoms. The summed E-state index contributed by atoms with van der Waals surface area (Å²) >= 11 is 0. The number of fused-ring (bicyclic) bond motifs is 4. The highest BCUT2D eigenvalue weighted by atomic mass is 16.6. The fraction of sp³-hybridized carbons (Fsp3) is 0.700. The Morgan fingerprint density at radius 1 is 0.825 bits per heavy atom. The molecule has 3 rings (SSSR count). The number of ether oxygens (including phenoxy) is 4. The smallest absolute Gasteiger partial charge is 0.303 e. The van der Waals surface area contributed by atoms with E-state index in [0.29, 0.717) is 16.7 Å². The summed E-state index contributed by atoms with van der Waals surface area (Å²) in [4.78, 5) is 64.1. The highest BCUT2D eigenvalue weighted by Gasteiger charge is 2.64. The average molecular weight is 563 g/mol. The lowest BCUT2D eigenvalue weighted by Crippen LogP contribution is -2.63. The largest absolute Gasteiger partial charge is 0.461 e. The summed E-state index contributed by atoms with van der Waals surface area (Å²) < 4.78 is 23.0. The predicted octanol–water partition coefficient (Wildman–Crippen LogP) is 3.38. The molecule has 0 spiro atoms. The van der Waals surface area contributed by atoms with Crippen LogP contribution in [0.3, 0.4) is 0 Å². The molecular formula is C30H42O10. The minimum Gasteiger partial charge on any atom is -0.461 e. The van der Waals surface area contributed by atoms with Crippen LogP contribution in [0.2, 0.25) is 0 Å². The second-order valence-corrected chi connectivity index (χ2v) is 12.5. The third kappa shape index (κ3) is 5.22. The molecule has 0 aromatic rings. The Kier molecular flexibility index (Phi) is 8.48. The molecule has 0 heterocycles. The summed E-state index contributed by atoms with van der Waals surface area (Å²) in [6.45, 7) is 15.6. The zero-order chi connectivity index (χ0) is 30.5. The third-order valence-corrected chi connectivity index (χ3v) is 9.41. The summed E-state index contributed by atoms with van der Waals surface area (Å²) in [6.07, 6.45) is -3.42. The standard InChI is InChI=1S/C30H42O10/c1-14-22(37-15(2)31)12-20-23(38-16(3)32)11-19-21(35)13-24(39-17(4)33)30(10,29(19,8)9)27(36)26(40-18(5)34)25(14)28(20,6)7/h11,20-24,26,35H,12-13H2,1-10H3/b19-11-/t20-,21+,22+,23+,24+,26-,30+/m1/s1. The van der Waals surface area contributed by atoms with E-state index in [-0.39, 0.29) is 12.8 Å². The molecule has 0 aliphatic heterocycles. The Balaban J connectivity index is 2.49. The van der Waals surface area contributed by atoms with Gasteiger partial charge in [-0.05, 0) is 48.5 Å². The fourth-order valence-corrected chi connectivity index (χ4v) is 7.13. The molecule has 1 fully saturated rings. The first-order valence-electron chi connectivity index (χ1n) is 13.6. The van der Waals surface area contributed by atoms with Gasteiger partial charge in [0.05, 0.1) is 11.5 Å². The van der Waals surface area contributed by atoms with Gasteiger partial charge in [0.15, 0.2) is 11.9 Å². The monoisotopic (exact) mass is 562 g/mol. The van der Waals surface area contributed by atoms with Crippen molar-refractivity contribution in [3.63, 3.8) is 0 Å². The zero-order valence-electron chi connectivity index (χ0n) is 25.1. The zero-order valence-corrected chi connectivity index (χ0v) is 25.1. The number of aliphatic hydroxyl groups is 1. The Hall–Kier alpha value is -3.01. The van der Waals surface area contributed by atoms with Gasteiger partial charge in [-0.25, -0.2) is 0 Å². The van der Waals surface area contributed by atoms with Crippen molar-refractivity contribution in [1.29, 1.82) is 0 Å². The Bertz CT molecular complexity index is 1170. The summed E-state index contributed by atoms with van der Waals surface area (Å²) in [7, 11) is 0. The Morgan fingerprint density at radius 2 is 1.35 bits per heavy atom. The number of aliphatic hydroxyl groups excluding tert-OH is 1. The molecule has 0 aromatic heterocycles. The number of hydrogen-bond donors (Lipinski definition) is 1. The summed E-state index contributed by atoms with van der Waals surface area (Å²) in [5, 5.41) is 11.4. The fourth-order valence-electron chi connectivity index (χ4n) is 7.13. The summed E-state index contributed by atoms with van der Waals surface area (Å²) in [5.41, 5.74) is -2.11. The third-order valence-electron chi connectivity index (χ3n) is 9.41. The molecule has 7 atom stereocenters. The number of rotatable bonds is 4. The molecule has 0 aromatic carbocycles. The quantitative estimate of drug-likeness (QED) is 0.308. The number of esters is 4. The van der Waals surface area contributed by atoms with Crippen LogP contribution in [-0.4, -0.2) is 65.3 Å². The minimum absolute atomic E-state index is 0.0845. The van der Waals surface area contributed by atoms with Crippen molar-refractivity contribution in [2.45, 2.75) is 113 Å². The molecular weight excluding hydrogens is 520 g/mol. The summed E-state index contributed by atoms with van der Waals surface area (Å²) in [6, 6.07) is 0. The van der Waals surface area contributed by atoms with Crippen LogP contribution in [0.15, 0.2) is 22.8 Å². The molecule has 4 bridgehead atoms. The molecule has 1 N–H and O–H groups in total. The lowest BCUT2D eigenvalue weighted by molar-refractivity contribution is -0.182. The van der Waals surface area contributed by atoms with Crippen LogP contribution in [0.1, 0.15) is 82.1 Å². The van der Waals surface area contributed by atoms with Gasteiger partial charge in [0, 0.05) is 45.4 Å². The van der Waals surface area contributed by atoms with E-state index >= 15 is 0 Å². The minimum atomic E-state index is -1.49. The van der Waals surface area contributed by atoms with E-state index in [1.807, 2.05) is 13.8 Å². The van der Waals surface area contributed by atoms with Crippen molar-refractivity contribution >= 4 is 29.7 Å². The molecule has 0 radical (unpaired) electrons. The maximum atomic E-state index is 14.9. The van der Waals surface area contributed by atoms with Gasteiger partial charge in [-0.2, -0.15) is 0 Å². The van der Waals surface area contributed by atoms with Gasteiger partial charge in [0.1, 0.15) is 18.3 Å². The van der Waals surface area contributed by atoms with Crippen LogP contribution in [-0.2, 0) is 42.9 Å².